The van der Waals surface area contributed by atoms with E-state index in [1.807, 2.05) is 26.0 Å². The molecule has 0 aliphatic rings. The van der Waals surface area contributed by atoms with E-state index >= 15 is 0 Å². The highest BCUT2D eigenvalue weighted by molar-refractivity contribution is 6.55. The molecule has 2 heteroatoms. The van der Waals surface area contributed by atoms with Crippen molar-refractivity contribution in [2.75, 3.05) is 0 Å². The highest BCUT2D eigenvalue weighted by Gasteiger charge is 1.90. The molecule has 0 saturated heterocycles. The summed E-state index contributed by atoms with van der Waals surface area (Å²) in [6.07, 6.45) is 5.77. The SMILES string of the molecule is C/C=C/C(C)C=C(Cl)Cl. The minimum Gasteiger partial charge on any atom is -0.0911 e. The summed E-state index contributed by atoms with van der Waals surface area (Å²) in [4.78, 5) is 0. The van der Waals surface area contributed by atoms with Crippen molar-refractivity contribution in [1.29, 1.82) is 0 Å². The Balaban J connectivity index is 3.76. The minimum atomic E-state index is 0.333. The highest BCUT2D eigenvalue weighted by Crippen LogP contribution is 2.11. The standard InChI is InChI=1S/C7H10Cl2/c1-3-4-6(2)5-7(8)9/h3-6H,1-2H3/b4-3+. The second-order valence-corrected chi connectivity index (χ2v) is 2.85. The van der Waals surface area contributed by atoms with Gasteiger partial charge in [-0.2, -0.15) is 0 Å². The van der Waals surface area contributed by atoms with Gasteiger partial charge in [0.25, 0.3) is 0 Å². The second kappa shape index (κ2) is 4.89. The van der Waals surface area contributed by atoms with Crippen LogP contribution in [0.25, 0.3) is 0 Å². The monoisotopic (exact) mass is 164 g/mol. The molecule has 0 bridgehead atoms. The average molecular weight is 165 g/mol. The van der Waals surface area contributed by atoms with E-state index < -0.39 is 0 Å². The zero-order valence-corrected chi connectivity index (χ0v) is 7.08. The summed E-state index contributed by atoms with van der Waals surface area (Å²) in [6.45, 7) is 3.98. The smallest absolute Gasteiger partial charge is 0.0911 e. The van der Waals surface area contributed by atoms with E-state index in [1.54, 1.807) is 6.08 Å². The number of allylic oxidation sites excluding steroid dienone is 3. The Morgan fingerprint density at radius 2 is 2.00 bits per heavy atom. The molecule has 52 valence electrons. The van der Waals surface area contributed by atoms with Crippen molar-refractivity contribution in [3.63, 3.8) is 0 Å². The molecule has 0 rings (SSSR count). The van der Waals surface area contributed by atoms with E-state index in [2.05, 4.69) is 0 Å². The minimum absolute atomic E-state index is 0.333. The van der Waals surface area contributed by atoms with Crippen molar-refractivity contribution in [2.24, 2.45) is 5.92 Å². The third-order valence-electron chi connectivity index (χ3n) is 0.885. The quantitative estimate of drug-likeness (QED) is 0.549. The fraction of sp³-hybridized carbons (Fsp3) is 0.429. The Morgan fingerprint density at radius 3 is 2.33 bits per heavy atom. The fourth-order valence-corrected chi connectivity index (χ4v) is 0.955. The molecule has 0 saturated carbocycles. The van der Waals surface area contributed by atoms with Crippen LogP contribution in [0.5, 0.6) is 0 Å². The molecule has 1 atom stereocenters. The predicted molar refractivity (Wildman–Crippen MR) is 43.8 cm³/mol. The number of hydrogen-bond acceptors (Lipinski definition) is 0. The Hall–Kier alpha value is 0.0600. The van der Waals surface area contributed by atoms with Crippen molar-refractivity contribution in [1.82, 2.24) is 0 Å². The largest absolute Gasteiger partial charge is 0.103 e. The van der Waals surface area contributed by atoms with Gasteiger partial charge in [-0.3, -0.25) is 0 Å². The summed E-state index contributed by atoms with van der Waals surface area (Å²) < 4.78 is 0.334. The van der Waals surface area contributed by atoms with Crippen LogP contribution >= 0.6 is 23.2 Å². The van der Waals surface area contributed by atoms with E-state index in [9.17, 15) is 0 Å². The van der Waals surface area contributed by atoms with Crippen LogP contribution in [0.4, 0.5) is 0 Å². The second-order valence-electron chi connectivity index (χ2n) is 1.84. The third kappa shape index (κ3) is 5.94. The maximum absolute atomic E-state index is 5.40. The summed E-state index contributed by atoms with van der Waals surface area (Å²) in [6, 6.07) is 0. The van der Waals surface area contributed by atoms with Gasteiger partial charge < -0.3 is 0 Å². The first-order valence-electron chi connectivity index (χ1n) is 2.82. The molecule has 9 heavy (non-hydrogen) atoms. The molecular weight excluding hydrogens is 155 g/mol. The van der Waals surface area contributed by atoms with Gasteiger partial charge in [0.15, 0.2) is 0 Å². The molecule has 0 radical (unpaired) electrons. The van der Waals surface area contributed by atoms with Crippen molar-refractivity contribution in [3.8, 4) is 0 Å². The maximum atomic E-state index is 5.40. The molecule has 1 unspecified atom stereocenters. The van der Waals surface area contributed by atoms with Crippen molar-refractivity contribution < 1.29 is 0 Å². The van der Waals surface area contributed by atoms with Gasteiger partial charge in [-0.1, -0.05) is 42.3 Å². The summed E-state index contributed by atoms with van der Waals surface area (Å²) in [5, 5.41) is 0. The first kappa shape index (κ1) is 9.06. The van der Waals surface area contributed by atoms with E-state index in [-0.39, 0.29) is 0 Å². The Kier molecular flexibility index (Phi) is 4.93. The average Bonchev–Trinajstić information content (AvgIpc) is 1.63. The van der Waals surface area contributed by atoms with Gasteiger partial charge in [-0.15, -0.1) is 0 Å². The Bertz CT molecular complexity index is 121. The third-order valence-corrected chi connectivity index (χ3v) is 1.14. The van der Waals surface area contributed by atoms with E-state index in [0.29, 0.717) is 10.4 Å². The number of halogens is 2. The van der Waals surface area contributed by atoms with Gasteiger partial charge in [0.1, 0.15) is 4.49 Å². The summed E-state index contributed by atoms with van der Waals surface area (Å²) in [5.74, 6) is 0.333. The molecule has 0 spiro atoms. The highest BCUT2D eigenvalue weighted by atomic mass is 35.5. The van der Waals surface area contributed by atoms with Crippen LogP contribution < -0.4 is 0 Å². The van der Waals surface area contributed by atoms with Gasteiger partial charge in [-0.25, -0.2) is 0 Å². The first-order valence-corrected chi connectivity index (χ1v) is 3.58. The Morgan fingerprint density at radius 1 is 1.44 bits per heavy atom. The molecule has 0 aromatic heterocycles. The molecule has 0 aromatic carbocycles. The summed E-state index contributed by atoms with van der Waals surface area (Å²) >= 11 is 10.8. The van der Waals surface area contributed by atoms with Gasteiger partial charge in [0, 0.05) is 0 Å². The molecule has 0 amide bonds. The van der Waals surface area contributed by atoms with Crippen molar-refractivity contribution in [3.05, 3.63) is 22.7 Å². The van der Waals surface area contributed by atoms with Gasteiger partial charge in [-0.05, 0) is 18.9 Å². The van der Waals surface area contributed by atoms with Crippen LogP contribution in [0.1, 0.15) is 13.8 Å². The molecule has 0 aliphatic carbocycles. The molecule has 0 nitrogen and oxygen atoms in total. The molecule has 0 aromatic rings. The first-order chi connectivity index (χ1) is 4.16. The summed E-state index contributed by atoms with van der Waals surface area (Å²) in [5.41, 5.74) is 0. The van der Waals surface area contributed by atoms with E-state index in [1.165, 1.54) is 0 Å². The lowest BCUT2D eigenvalue weighted by molar-refractivity contribution is 0.938. The summed E-state index contributed by atoms with van der Waals surface area (Å²) in [7, 11) is 0. The normalized spacial score (nSPS) is 13.8. The maximum Gasteiger partial charge on any atom is 0.103 e. The molecule has 0 aliphatic heterocycles. The van der Waals surface area contributed by atoms with Crippen LogP contribution in [-0.2, 0) is 0 Å². The van der Waals surface area contributed by atoms with Crippen molar-refractivity contribution in [2.45, 2.75) is 13.8 Å². The number of rotatable bonds is 2. The number of hydrogen-bond donors (Lipinski definition) is 0. The zero-order valence-electron chi connectivity index (χ0n) is 5.57. The van der Waals surface area contributed by atoms with Crippen molar-refractivity contribution >= 4 is 23.2 Å². The van der Waals surface area contributed by atoms with Gasteiger partial charge in [0.2, 0.25) is 0 Å². The molecule has 0 fully saturated rings. The lowest BCUT2D eigenvalue weighted by atomic mass is 10.2. The lowest BCUT2D eigenvalue weighted by Gasteiger charge is -1.94. The zero-order chi connectivity index (χ0) is 7.28. The van der Waals surface area contributed by atoms with E-state index in [4.69, 9.17) is 23.2 Å². The van der Waals surface area contributed by atoms with Gasteiger partial charge in [0.05, 0.1) is 0 Å². The van der Waals surface area contributed by atoms with Crippen LogP contribution in [-0.4, -0.2) is 0 Å². The lowest BCUT2D eigenvalue weighted by Crippen LogP contribution is -1.80. The van der Waals surface area contributed by atoms with Crippen LogP contribution in [0.3, 0.4) is 0 Å². The fourth-order valence-electron chi connectivity index (χ4n) is 0.558. The molecule has 0 N–H and O–H groups in total. The van der Waals surface area contributed by atoms with Crippen LogP contribution in [0, 0.1) is 5.92 Å². The molecule has 0 heterocycles. The topological polar surface area (TPSA) is 0 Å². The Labute approximate surface area is 66.2 Å². The van der Waals surface area contributed by atoms with Crippen LogP contribution in [0.2, 0.25) is 0 Å². The predicted octanol–water partition coefficient (Wildman–Crippen LogP) is 3.52. The molecular formula is C7H10Cl2. The van der Waals surface area contributed by atoms with Gasteiger partial charge >= 0.3 is 0 Å². The van der Waals surface area contributed by atoms with Crippen LogP contribution in [0.15, 0.2) is 22.7 Å². The van der Waals surface area contributed by atoms with E-state index in [0.717, 1.165) is 0 Å².